The van der Waals surface area contributed by atoms with Crippen molar-refractivity contribution in [1.29, 1.82) is 0 Å². The fourth-order valence-corrected chi connectivity index (χ4v) is 3.36. The standard InChI is InChI=1S/C20H24FN5O3/c1-12(10-20(2,3)29-19(23)27)11-28-16-5-4-13(8-14(16)21)15-9-17(22)25-18-6-7-24-26(15)18/h4-9,12H,10-11H2,1-3H3,(H2,22,25)(H2,23,27)/t12-/m0/s1. The molecule has 1 aromatic carbocycles. The van der Waals surface area contributed by atoms with Crippen molar-refractivity contribution in [3.05, 3.63) is 42.3 Å². The summed E-state index contributed by atoms with van der Waals surface area (Å²) in [6.07, 6.45) is 1.29. The maximum atomic E-state index is 14.6. The number of amides is 1. The number of primary amides is 1. The van der Waals surface area contributed by atoms with Gasteiger partial charge in [-0.05, 0) is 44.4 Å². The predicted octanol–water partition coefficient (Wildman–Crippen LogP) is 3.40. The highest BCUT2D eigenvalue weighted by atomic mass is 19.1. The van der Waals surface area contributed by atoms with Crippen LogP contribution in [0.3, 0.4) is 0 Å². The van der Waals surface area contributed by atoms with Crippen LogP contribution in [-0.2, 0) is 4.74 Å². The molecule has 1 amide bonds. The topological polar surface area (TPSA) is 118 Å². The van der Waals surface area contributed by atoms with E-state index in [9.17, 15) is 9.18 Å². The van der Waals surface area contributed by atoms with Crippen LogP contribution in [0.5, 0.6) is 5.75 Å². The summed E-state index contributed by atoms with van der Waals surface area (Å²) in [6.45, 7) is 5.71. The first kappa shape index (κ1) is 20.4. The summed E-state index contributed by atoms with van der Waals surface area (Å²) in [6, 6.07) is 8.03. The fraction of sp³-hybridized carbons (Fsp3) is 0.350. The van der Waals surface area contributed by atoms with Gasteiger partial charge in [-0.1, -0.05) is 6.92 Å². The van der Waals surface area contributed by atoms with Crippen molar-refractivity contribution in [3.63, 3.8) is 0 Å². The average Bonchev–Trinajstić information content (AvgIpc) is 3.06. The van der Waals surface area contributed by atoms with E-state index in [4.69, 9.17) is 20.9 Å². The first-order chi connectivity index (χ1) is 13.6. The van der Waals surface area contributed by atoms with E-state index < -0.39 is 17.5 Å². The second-order valence-electron chi connectivity index (χ2n) is 7.61. The van der Waals surface area contributed by atoms with Crippen molar-refractivity contribution < 1.29 is 18.7 Å². The summed E-state index contributed by atoms with van der Waals surface area (Å²) >= 11 is 0. The lowest BCUT2D eigenvalue weighted by Gasteiger charge is -2.27. The number of carbonyl (C=O) groups is 1. The number of benzene rings is 1. The molecule has 0 aliphatic heterocycles. The molecule has 0 fully saturated rings. The number of anilines is 1. The number of carbonyl (C=O) groups excluding carboxylic acids is 1. The number of nitrogens with two attached hydrogens (primary N) is 2. The molecule has 0 saturated carbocycles. The molecule has 2 heterocycles. The Morgan fingerprint density at radius 3 is 2.76 bits per heavy atom. The molecule has 0 saturated heterocycles. The summed E-state index contributed by atoms with van der Waals surface area (Å²) in [5.74, 6) is -0.0403. The third-order valence-electron chi connectivity index (χ3n) is 4.35. The Bertz CT molecular complexity index is 1030. The van der Waals surface area contributed by atoms with Gasteiger partial charge in [-0.15, -0.1) is 0 Å². The van der Waals surface area contributed by atoms with Crippen LogP contribution in [-0.4, -0.2) is 32.9 Å². The largest absolute Gasteiger partial charge is 0.490 e. The zero-order chi connectivity index (χ0) is 21.2. The number of fused-ring (bicyclic) bond motifs is 1. The van der Waals surface area contributed by atoms with Gasteiger partial charge in [0.1, 0.15) is 11.4 Å². The minimum absolute atomic E-state index is 0.00659. The molecule has 0 radical (unpaired) electrons. The van der Waals surface area contributed by atoms with E-state index in [-0.39, 0.29) is 18.3 Å². The SMILES string of the molecule is C[C@H](COc1ccc(-c2cc(N)nc3ccnn23)cc1F)CC(C)(C)OC(N)=O. The predicted molar refractivity (Wildman–Crippen MR) is 107 cm³/mol. The maximum Gasteiger partial charge on any atom is 0.405 e. The monoisotopic (exact) mass is 401 g/mol. The normalized spacial score (nSPS) is 12.7. The van der Waals surface area contributed by atoms with Gasteiger partial charge in [0.2, 0.25) is 0 Å². The van der Waals surface area contributed by atoms with Gasteiger partial charge in [-0.2, -0.15) is 5.10 Å². The minimum atomic E-state index is -0.826. The molecule has 0 bridgehead atoms. The van der Waals surface area contributed by atoms with Gasteiger partial charge >= 0.3 is 6.09 Å². The number of hydrogen-bond donors (Lipinski definition) is 2. The zero-order valence-electron chi connectivity index (χ0n) is 16.6. The van der Waals surface area contributed by atoms with Crippen molar-refractivity contribution in [2.24, 2.45) is 11.7 Å². The molecule has 0 unspecified atom stereocenters. The van der Waals surface area contributed by atoms with Gasteiger partial charge in [0.15, 0.2) is 17.2 Å². The summed E-state index contributed by atoms with van der Waals surface area (Å²) in [5.41, 5.74) is 12.0. The smallest absolute Gasteiger partial charge is 0.405 e. The molecule has 4 N–H and O–H groups in total. The Morgan fingerprint density at radius 1 is 1.31 bits per heavy atom. The van der Waals surface area contributed by atoms with Crippen molar-refractivity contribution in [2.75, 3.05) is 12.3 Å². The first-order valence-corrected chi connectivity index (χ1v) is 9.16. The molecule has 29 heavy (non-hydrogen) atoms. The van der Waals surface area contributed by atoms with Crippen LogP contribution in [0.4, 0.5) is 15.0 Å². The molecule has 3 aromatic rings. The van der Waals surface area contributed by atoms with Gasteiger partial charge in [-0.3, -0.25) is 0 Å². The molecule has 1 atom stereocenters. The Balaban J connectivity index is 1.71. The van der Waals surface area contributed by atoms with Crippen LogP contribution >= 0.6 is 0 Å². The fourth-order valence-electron chi connectivity index (χ4n) is 3.36. The lowest BCUT2D eigenvalue weighted by molar-refractivity contribution is 0.0226. The Morgan fingerprint density at radius 2 is 2.07 bits per heavy atom. The van der Waals surface area contributed by atoms with Crippen molar-refractivity contribution in [1.82, 2.24) is 14.6 Å². The average molecular weight is 401 g/mol. The Labute approximate surface area is 167 Å². The van der Waals surface area contributed by atoms with E-state index in [1.165, 1.54) is 6.07 Å². The van der Waals surface area contributed by atoms with E-state index in [2.05, 4.69) is 10.1 Å². The van der Waals surface area contributed by atoms with Crippen LogP contribution in [0.25, 0.3) is 16.9 Å². The van der Waals surface area contributed by atoms with Crippen LogP contribution in [0.1, 0.15) is 27.2 Å². The number of halogens is 1. The van der Waals surface area contributed by atoms with E-state index in [1.807, 2.05) is 6.92 Å². The second kappa shape index (κ2) is 7.94. The number of nitrogen functional groups attached to an aromatic ring is 1. The van der Waals surface area contributed by atoms with E-state index >= 15 is 0 Å². The van der Waals surface area contributed by atoms with Crippen molar-refractivity contribution in [3.8, 4) is 17.0 Å². The lowest BCUT2D eigenvalue weighted by atomic mass is 9.95. The molecule has 9 heteroatoms. The number of rotatable bonds is 7. The zero-order valence-corrected chi connectivity index (χ0v) is 16.6. The van der Waals surface area contributed by atoms with Gasteiger partial charge < -0.3 is 20.9 Å². The molecule has 0 aliphatic carbocycles. The van der Waals surface area contributed by atoms with Gasteiger partial charge in [0, 0.05) is 17.7 Å². The highest BCUT2D eigenvalue weighted by molar-refractivity contribution is 5.67. The number of nitrogens with zero attached hydrogens (tertiary/aromatic N) is 3. The Kier molecular flexibility index (Phi) is 5.58. The van der Waals surface area contributed by atoms with Crippen LogP contribution < -0.4 is 16.2 Å². The molecular weight excluding hydrogens is 377 g/mol. The van der Waals surface area contributed by atoms with Crippen LogP contribution in [0.2, 0.25) is 0 Å². The quantitative estimate of drug-likeness (QED) is 0.626. The highest BCUT2D eigenvalue weighted by Crippen LogP contribution is 2.28. The number of ether oxygens (including phenoxy) is 2. The van der Waals surface area contributed by atoms with E-state index in [0.717, 1.165) is 0 Å². The number of hydrogen-bond acceptors (Lipinski definition) is 6. The summed E-state index contributed by atoms with van der Waals surface area (Å²) in [5, 5.41) is 4.20. The first-order valence-electron chi connectivity index (χ1n) is 9.16. The third kappa shape index (κ3) is 4.92. The second-order valence-corrected chi connectivity index (χ2v) is 7.61. The van der Waals surface area contributed by atoms with E-state index in [1.54, 1.807) is 48.8 Å². The molecule has 3 rings (SSSR count). The Hall–Kier alpha value is -3.36. The minimum Gasteiger partial charge on any atom is -0.490 e. The molecule has 8 nitrogen and oxygen atoms in total. The number of aromatic nitrogens is 3. The molecule has 154 valence electrons. The molecular formula is C20H24FN5O3. The highest BCUT2D eigenvalue weighted by Gasteiger charge is 2.25. The van der Waals surface area contributed by atoms with Crippen molar-refractivity contribution in [2.45, 2.75) is 32.8 Å². The molecule has 0 spiro atoms. The van der Waals surface area contributed by atoms with Crippen LogP contribution in [0.15, 0.2) is 36.5 Å². The lowest BCUT2D eigenvalue weighted by Crippen LogP contribution is -2.33. The van der Waals surface area contributed by atoms with Crippen molar-refractivity contribution >= 4 is 17.6 Å². The van der Waals surface area contributed by atoms with E-state index in [0.29, 0.717) is 29.1 Å². The third-order valence-corrected chi connectivity index (χ3v) is 4.35. The summed E-state index contributed by atoms with van der Waals surface area (Å²) in [7, 11) is 0. The van der Waals surface area contributed by atoms with Crippen LogP contribution in [0, 0.1) is 11.7 Å². The summed E-state index contributed by atoms with van der Waals surface area (Å²) in [4.78, 5) is 15.1. The van der Waals surface area contributed by atoms with Gasteiger partial charge in [0.05, 0.1) is 18.5 Å². The maximum absolute atomic E-state index is 14.6. The summed E-state index contributed by atoms with van der Waals surface area (Å²) < 4.78 is 26.9. The molecule has 0 aliphatic rings. The molecule has 2 aromatic heterocycles. The van der Waals surface area contributed by atoms with Gasteiger partial charge in [0.25, 0.3) is 0 Å². The van der Waals surface area contributed by atoms with Gasteiger partial charge in [-0.25, -0.2) is 18.7 Å².